The summed E-state index contributed by atoms with van der Waals surface area (Å²) < 4.78 is 9.89. The average molecular weight is 275 g/mol. The van der Waals surface area contributed by atoms with E-state index in [1.807, 2.05) is 34.9 Å². The second kappa shape index (κ2) is 5.76. The molecule has 0 amide bonds. The van der Waals surface area contributed by atoms with Crippen LogP contribution in [0.2, 0.25) is 0 Å². The van der Waals surface area contributed by atoms with Crippen molar-refractivity contribution in [3.05, 3.63) is 36.2 Å². The molecule has 0 aliphatic carbocycles. The minimum absolute atomic E-state index is 0.0352. The van der Waals surface area contributed by atoms with Gasteiger partial charge in [-0.15, -0.1) is 0 Å². The average Bonchev–Trinajstić information content (AvgIpc) is 3.15. The minimum atomic E-state index is 0.0352. The Bertz CT molecular complexity index is 561. The zero-order valence-electron chi connectivity index (χ0n) is 12.0. The third-order valence-electron chi connectivity index (χ3n) is 3.85. The number of nitrogens with zero attached hydrogens (tertiary/aromatic N) is 4. The van der Waals surface area contributed by atoms with E-state index in [0.717, 1.165) is 31.9 Å². The van der Waals surface area contributed by atoms with Gasteiger partial charge in [-0.25, -0.2) is 4.98 Å². The van der Waals surface area contributed by atoms with Crippen LogP contribution < -0.4 is 5.32 Å². The summed E-state index contributed by atoms with van der Waals surface area (Å²) in [5, 5.41) is 7.88. The van der Waals surface area contributed by atoms with E-state index in [4.69, 9.17) is 4.74 Å². The lowest BCUT2D eigenvalue weighted by atomic mass is 10.1. The van der Waals surface area contributed by atoms with Crippen molar-refractivity contribution in [1.82, 2.24) is 24.6 Å². The van der Waals surface area contributed by atoms with Crippen LogP contribution in [0.25, 0.3) is 0 Å². The fourth-order valence-corrected chi connectivity index (χ4v) is 2.74. The van der Waals surface area contributed by atoms with Crippen molar-refractivity contribution < 1.29 is 4.74 Å². The van der Waals surface area contributed by atoms with E-state index in [0.29, 0.717) is 6.04 Å². The van der Waals surface area contributed by atoms with Crippen molar-refractivity contribution in [1.29, 1.82) is 0 Å². The van der Waals surface area contributed by atoms with Crippen LogP contribution >= 0.6 is 0 Å². The Morgan fingerprint density at radius 3 is 3.10 bits per heavy atom. The molecular formula is C14H21N5O. The monoisotopic (exact) mass is 275 g/mol. The van der Waals surface area contributed by atoms with Crippen molar-refractivity contribution in [2.75, 3.05) is 6.61 Å². The number of hydrogen-bond acceptors (Lipinski definition) is 4. The first-order valence-corrected chi connectivity index (χ1v) is 7.12. The lowest BCUT2D eigenvalue weighted by Gasteiger charge is -2.19. The molecule has 3 rings (SSSR count). The maximum absolute atomic E-state index is 5.85. The minimum Gasteiger partial charge on any atom is -0.369 e. The lowest BCUT2D eigenvalue weighted by molar-refractivity contribution is 0.0891. The van der Waals surface area contributed by atoms with Gasteiger partial charge in [0, 0.05) is 51.4 Å². The first-order chi connectivity index (χ1) is 9.79. The highest BCUT2D eigenvalue weighted by Crippen LogP contribution is 2.27. The van der Waals surface area contributed by atoms with Crippen LogP contribution in [0.3, 0.4) is 0 Å². The van der Waals surface area contributed by atoms with Gasteiger partial charge < -0.3 is 14.6 Å². The molecule has 20 heavy (non-hydrogen) atoms. The van der Waals surface area contributed by atoms with Crippen LogP contribution in [-0.2, 0) is 24.9 Å². The van der Waals surface area contributed by atoms with E-state index in [2.05, 4.69) is 28.4 Å². The summed E-state index contributed by atoms with van der Waals surface area (Å²) in [6, 6.07) is 2.36. The second-order valence-corrected chi connectivity index (χ2v) is 5.10. The Balaban J connectivity index is 1.66. The summed E-state index contributed by atoms with van der Waals surface area (Å²) in [6.45, 7) is 4.59. The normalized spacial score (nSPS) is 22.5. The summed E-state index contributed by atoms with van der Waals surface area (Å²) in [5.74, 6) is 0.990. The third-order valence-corrected chi connectivity index (χ3v) is 3.85. The standard InChI is InChI=1S/C14H21N5O/c1-3-19-11(4-6-17-19)10-16-12-5-9-20-13(12)14-15-7-8-18(14)2/h4,6-8,12-13,16H,3,5,9-10H2,1-2H3/t12-,13-/m0/s1. The number of aryl methyl sites for hydroxylation is 2. The van der Waals surface area contributed by atoms with Crippen molar-refractivity contribution in [2.45, 2.75) is 38.6 Å². The molecule has 6 heteroatoms. The number of hydrogen-bond donors (Lipinski definition) is 1. The Hall–Kier alpha value is -1.66. The molecule has 1 N–H and O–H groups in total. The number of ether oxygens (including phenoxy) is 1. The summed E-state index contributed by atoms with van der Waals surface area (Å²) in [5.41, 5.74) is 1.21. The zero-order valence-corrected chi connectivity index (χ0v) is 12.0. The second-order valence-electron chi connectivity index (χ2n) is 5.10. The molecule has 108 valence electrons. The third kappa shape index (κ3) is 2.48. The molecule has 2 atom stereocenters. The molecule has 0 unspecified atom stereocenters. The highest BCUT2D eigenvalue weighted by Gasteiger charge is 2.32. The molecule has 0 bridgehead atoms. The van der Waals surface area contributed by atoms with E-state index >= 15 is 0 Å². The van der Waals surface area contributed by atoms with E-state index in [-0.39, 0.29) is 6.10 Å². The van der Waals surface area contributed by atoms with Gasteiger partial charge in [-0.2, -0.15) is 5.10 Å². The van der Waals surface area contributed by atoms with Gasteiger partial charge in [0.2, 0.25) is 0 Å². The van der Waals surface area contributed by atoms with Gasteiger partial charge in [0.05, 0.1) is 5.69 Å². The molecule has 0 saturated carbocycles. The van der Waals surface area contributed by atoms with Crippen LogP contribution in [-0.4, -0.2) is 32.0 Å². The summed E-state index contributed by atoms with van der Waals surface area (Å²) in [7, 11) is 2.01. The maximum Gasteiger partial charge on any atom is 0.139 e. The summed E-state index contributed by atoms with van der Waals surface area (Å²) in [6.07, 6.45) is 6.67. The Morgan fingerprint density at radius 2 is 2.35 bits per heavy atom. The van der Waals surface area contributed by atoms with Crippen LogP contribution in [0.4, 0.5) is 0 Å². The number of aromatic nitrogens is 4. The molecule has 1 aliphatic heterocycles. The van der Waals surface area contributed by atoms with Crippen molar-refractivity contribution >= 4 is 0 Å². The molecule has 1 aliphatic rings. The highest BCUT2D eigenvalue weighted by atomic mass is 16.5. The van der Waals surface area contributed by atoms with Gasteiger partial charge in [-0.05, 0) is 19.4 Å². The SMILES string of the molecule is CCn1nccc1CN[C@H]1CCO[C@@H]1c1nccn1C. The first kappa shape index (κ1) is 13.3. The molecule has 0 spiro atoms. The van der Waals surface area contributed by atoms with Crippen molar-refractivity contribution in [2.24, 2.45) is 7.05 Å². The predicted molar refractivity (Wildman–Crippen MR) is 75.0 cm³/mol. The molecule has 2 aromatic rings. The van der Waals surface area contributed by atoms with Gasteiger partial charge in [0.15, 0.2) is 0 Å². The summed E-state index contributed by atoms with van der Waals surface area (Å²) >= 11 is 0. The maximum atomic E-state index is 5.85. The smallest absolute Gasteiger partial charge is 0.139 e. The van der Waals surface area contributed by atoms with Crippen LogP contribution in [0.5, 0.6) is 0 Å². The van der Waals surface area contributed by atoms with Gasteiger partial charge in [0.1, 0.15) is 11.9 Å². The Kier molecular flexibility index (Phi) is 3.84. The van der Waals surface area contributed by atoms with Gasteiger partial charge in [0.25, 0.3) is 0 Å². The van der Waals surface area contributed by atoms with E-state index in [1.165, 1.54) is 5.69 Å². The molecule has 2 aromatic heterocycles. The van der Waals surface area contributed by atoms with Crippen LogP contribution in [0.1, 0.15) is 31.0 Å². The lowest BCUT2D eigenvalue weighted by Crippen LogP contribution is -2.33. The number of rotatable bonds is 5. The molecule has 0 aromatic carbocycles. The van der Waals surface area contributed by atoms with Gasteiger partial charge >= 0.3 is 0 Å². The fraction of sp³-hybridized carbons (Fsp3) is 0.571. The van der Waals surface area contributed by atoms with E-state index < -0.39 is 0 Å². The van der Waals surface area contributed by atoms with E-state index in [1.54, 1.807) is 0 Å². The molecule has 0 radical (unpaired) electrons. The topological polar surface area (TPSA) is 56.9 Å². The van der Waals surface area contributed by atoms with Crippen molar-refractivity contribution in [3.63, 3.8) is 0 Å². The molecular weight excluding hydrogens is 254 g/mol. The number of imidazole rings is 1. The molecule has 1 fully saturated rings. The Labute approximate surface area is 118 Å². The molecule has 3 heterocycles. The predicted octanol–water partition coefficient (Wildman–Crippen LogP) is 1.26. The fourth-order valence-electron chi connectivity index (χ4n) is 2.74. The largest absolute Gasteiger partial charge is 0.369 e. The Morgan fingerprint density at radius 1 is 1.45 bits per heavy atom. The quantitative estimate of drug-likeness (QED) is 0.892. The van der Waals surface area contributed by atoms with Crippen LogP contribution in [0, 0.1) is 0 Å². The summed E-state index contributed by atoms with van der Waals surface area (Å²) in [4.78, 5) is 4.41. The van der Waals surface area contributed by atoms with Crippen LogP contribution in [0.15, 0.2) is 24.7 Å². The van der Waals surface area contributed by atoms with Crippen molar-refractivity contribution in [3.8, 4) is 0 Å². The number of nitrogens with one attached hydrogen (secondary N) is 1. The first-order valence-electron chi connectivity index (χ1n) is 7.12. The zero-order chi connectivity index (χ0) is 13.9. The molecule has 6 nitrogen and oxygen atoms in total. The highest BCUT2D eigenvalue weighted by molar-refractivity contribution is 5.05. The molecule has 1 saturated heterocycles. The van der Waals surface area contributed by atoms with Gasteiger partial charge in [-0.1, -0.05) is 0 Å². The van der Waals surface area contributed by atoms with Gasteiger partial charge in [-0.3, -0.25) is 4.68 Å². The van der Waals surface area contributed by atoms with E-state index in [9.17, 15) is 0 Å².